The second kappa shape index (κ2) is 5.48. The van der Waals surface area contributed by atoms with Crippen LogP contribution >= 0.6 is 0 Å². The van der Waals surface area contributed by atoms with Crippen molar-refractivity contribution in [3.63, 3.8) is 0 Å². The minimum atomic E-state index is 0.710. The molecule has 0 bridgehead atoms. The normalized spacial score (nSPS) is 17.7. The predicted molar refractivity (Wildman–Crippen MR) is 73.5 cm³/mol. The smallest absolute Gasteiger partial charge is 0.157 e. The van der Waals surface area contributed by atoms with Gasteiger partial charge in [0.05, 0.1) is 5.69 Å². The fourth-order valence-electron chi connectivity index (χ4n) is 2.65. The minimum Gasteiger partial charge on any atom is -0.343 e. The van der Waals surface area contributed by atoms with Crippen LogP contribution < -0.4 is 0 Å². The zero-order valence-corrected chi connectivity index (χ0v) is 11.2. The first-order chi connectivity index (χ1) is 9.33. The van der Waals surface area contributed by atoms with E-state index in [4.69, 9.17) is 0 Å². The number of aromatic amines is 1. The lowest BCUT2D eigenvalue weighted by Crippen LogP contribution is -2.31. The number of hydrogen-bond donors (Lipinski definition) is 1. The molecule has 5 nitrogen and oxygen atoms in total. The Bertz CT molecular complexity index is 514. The van der Waals surface area contributed by atoms with E-state index in [9.17, 15) is 0 Å². The van der Waals surface area contributed by atoms with Crippen LogP contribution in [0, 0.1) is 5.92 Å². The number of nitrogens with zero attached hydrogens (tertiary/aromatic N) is 4. The third-order valence-electron chi connectivity index (χ3n) is 3.82. The maximum atomic E-state index is 4.51. The van der Waals surface area contributed by atoms with E-state index in [0.717, 1.165) is 23.6 Å². The largest absolute Gasteiger partial charge is 0.343 e. The number of nitrogens with one attached hydrogen (secondary N) is 1. The second-order valence-corrected chi connectivity index (χ2v) is 5.24. The average Bonchev–Trinajstić information content (AvgIpc) is 2.96. The fourth-order valence-corrected chi connectivity index (χ4v) is 2.65. The average molecular weight is 257 g/mol. The molecule has 100 valence electrons. The van der Waals surface area contributed by atoms with E-state index in [0.29, 0.717) is 5.92 Å². The standard InChI is InChI=1S/C14H19N5/c1-19-8-2-11(3-9-19)10-12-13(16-5-4-15-12)14-17-6-7-18-14/h4-7,11H,2-3,8-10H2,1H3,(H,17,18). The van der Waals surface area contributed by atoms with E-state index < -0.39 is 0 Å². The van der Waals surface area contributed by atoms with Gasteiger partial charge in [-0.05, 0) is 45.3 Å². The Kier molecular flexibility index (Phi) is 3.55. The van der Waals surface area contributed by atoms with Crippen LogP contribution in [0.2, 0.25) is 0 Å². The summed E-state index contributed by atoms with van der Waals surface area (Å²) in [6, 6.07) is 0. The molecule has 2 aromatic rings. The molecular weight excluding hydrogens is 238 g/mol. The van der Waals surface area contributed by atoms with E-state index in [1.54, 1.807) is 18.6 Å². The predicted octanol–water partition coefficient (Wildman–Crippen LogP) is 1.75. The molecule has 0 radical (unpaired) electrons. The molecule has 0 atom stereocenters. The van der Waals surface area contributed by atoms with Crippen LogP contribution in [0.4, 0.5) is 0 Å². The molecule has 3 heterocycles. The number of rotatable bonds is 3. The third-order valence-corrected chi connectivity index (χ3v) is 3.82. The van der Waals surface area contributed by atoms with Gasteiger partial charge in [-0.2, -0.15) is 0 Å². The van der Waals surface area contributed by atoms with Gasteiger partial charge in [0.1, 0.15) is 5.69 Å². The zero-order chi connectivity index (χ0) is 13.1. The highest BCUT2D eigenvalue weighted by Crippen LogP contribution is 2.24. The number of H-pyrrole nitrogens is 1. The minimum absolute atomic E-state index is 0.710. The Morgan fingerprint density at radius 3 is 2.68 bits per heavy atom. The molecule has 19 heavy (non-hydrogen) atoms. The van der Waals surface area contributed by atoms with E-state index in [-0.39, 0.29) is 0 Å². The van der Waals surface area contributed by atoms with Crippen molar-refractivity contribution in [1.82, 2.24) is 24.8 Å². The van der Waals surface area contributed by atoms with Gasteiger partial charge in [0.25, 0.3) is 0 Å². The summed E-state index contributed by atoms with van der Waals surface area (Å²) in [6.07, 6.45) is 10.6. The zero-order valence-electron chi connectivity index (χ0n) is 11.2. The quantitative estimate of drug-likeness (QED) is 0.910. The molecule has 0 saturated carbocycles. The van der Waals surface area contributed by atoms with Gasteiger partial charge in [0.15, 0.2) is 5.82 Å². The summed E-state index contributed by atoms with van der Waals surface area (Å²) in [5, 5.41) is 0. The van der Waals surface area contributed by atoms with Gasteiger partial charge in [0, 0.05) is 24.8 Å². The molecule has 1 fully saturated rings. The molecule has 5 heteroatoms. The van der Waals surface area contributed by atoms with Gasteiger partial charge in [-0.25, -0.2) is 9.97 Å². The van der Waals surface area contributed by atoms with Crippen LogP contribution in [0.5, 0.6) is 0 Å². The van der Waals surface area contributed by atoms with Gasteiger partial charge in [0.2, 0.25) is 0 Å². The van der Waals surface area contributed by atoms with Crippen LogP contribution in [-0.4, -0.2) is 45.0 Å². The lowest BCUT2D eigenvalue weighted by molar-refractivity contribution is 0.218. The van der Waals surface area contributed by atoms with Gasteiger partial charge in [-0.3, -0.25) is 4.98 Å². The summed E-state index contributed by atoms with van der Waals surface area (Å²) in [6.45, 7) is 2.36. The first kappa shape index (κ1) is 12.3. The number of hydrogen-bond acceptors (Lipinski definition) is 4. The summed E-state index contributed by atoms with van der Waals surface area (Å²) in [4.78, 5) is 18.7. The number of likely N-dealkylation sites (tertiary alicyclic amines) is 1. The number of aromatic nitrogens is 4. The third kappa shape index (κ3) is 2.81. The SMILES string of the molecule is CN1CCC(Cc2nccnc2-c2ncc[nH]2)CC1. The highest BCUT2D eigenvalue weighted by molar-refractivity contribution is 5.51. The van der Waals surface area contributed by atoms with Crippen molar-refractivity contribution < 1.29 is 0 Å². The maximum absolute atomic E-state index is 4.51. The lowest BCUT2D eigenvalue weighted by atomic mass is 9.91. The summed E-state index contributed by atoms with van der Waals surface area (Å²) in [7, 11) is 2.19. The van der Waals surface area contributed by atoms with Crippen LogP contribution in [0.25, 0.3) is 11.5 Å². The molecule has 0 aromatic carbocycles. The molecular formula is C14H19N5. The Morgan fingerprint density at radius 1 is 1.16 bits per heavy atom. The molecule has 2 aromatic heterocycles. The van der Waals surface area contributed by atoms with Crippen LogP contribution in [0.1, 0.15) is 18.5 Å². The fraction of sp³-hybridized carbons (Fsp3) is 0.500. The van der Waals surface area contributed by atoms with Gasteiger partial charge in [-0.1, -0.05) is 0 Å². The summed E-state index contributed by atoms with van der Waals surface area (Å²) < 4.78 is 0. The molecule has 0 aliphatic carbocycles. The highest BCUT2D eigenvalue weighted by atomic mass is 15.1. The molecule has 1 aliphatic rings. The first-order valence-electron chi connectivity index (χ1n) is 6.81. The van der Waals surface area contributed by atoms with Crippen molar-refractivity contribution in [3.8, 4) is 11.5 Å². The molecule has 1 aliphatic heterocycles. The summed E-state index contributed by atoms with van der Waals surface area (Å²) >= 11 is 0. The van der Waals surface area contributed by atoms with Crippen molar-refractivity contribution in [2.24, 2.45) is 5.92 Å². The van der Waals surface area contributed by atoms with Crippen molar-refractivity contribution in [2.45, 2.75) is 19.3 Å². The van der Waals surface area contributed by atoms with E-state index in [2.05, 4.69) is 31.9 Å². The topological polar surface area (TPSA) is 57.7 Å². The Labute approximate surface area is 113 Å². The summed E-state index contributed by atoms with van der Waals surface area (Å²) in [5.74, 6) is 1.53. The Balaban J connectivity index is 1.78. The molecule has 0 unspecified atom stereocenters. The number of piperidine rings is 1. The van der Waals surface area contributed by atoms with E-state index >= 15 is 0 Å². The molecule has 1 saturated heterocycles. The van der Waals surface area contributed by atoms with Crippen molar-refractivity contribution in [1.29, 1.82) is 0 Å². The number of imidazole rings is 1. The van der Waals surface area contributed by atoms with Gasteiger partial charge < -0.3 is 9.88 Å². The van der Waals surface area contributed by atoms with E-state index in [1.165, 1.54) is 25.9 Å². The highest BCUT2D eigenvalue weighted by Gasteiger charge is 2.20. The molecule has 0 spiro atoms. The second-order valence-electron chi connectivity index (χ2n) is 5.24. The van der Waals surface area contributed by atoms with Crippen LogP contribution in [-0.2, 0) is 6.42 Å². The van der Waals surface area contributed by atoms with Gasteiger partial charge in [-0.15, -0.1) is 0 Å². The Hall–Kier alpha value is -1.75. The Morgan fingerprint density at radius 2 is 1.95 bits per heavy atom. The van der Waals surface area contributed by atoms with Crippen LogP contribution in [0.3, 0.4) is 0 Å². The van der Waals surface area contributed by atoms with Crippen molar-refractivity contribution >= 4 is 0 Å². The molecule has 1 N–H and O–H groups in total. The lowest BCUT2D eigenvalue weighted by Gasteiger charge is -2.28. The van der Waals surface area contributed by atoms with Gasteiger partial charge >= 0.3 is 0 Å². The first-order valence-corrected chi connectivity index (χ1v) is 6.81. The molecule has 3 rings (SSSR count). The van der Waals surface area contributed by atoms with E-state index in [1.807, 2.05) is 6.20 Å². The maximum Gasteiger partial charge on any atom is 0.157 e. The molecule has 0 amide bonds. The van der Waals surface area contributed by atoms with Crippen LogP contribution in [0.15, 0.2) is 24.8 Å². The van der Waals surface area contributed by atoms with Crippen molar-refractivity contribution in [2.75, 3.05) is 20.1 Å². The van der Waals surface area contributed by atoms with Crippen molar-refractivity contribution in [3.05, 3.63) is 30.5 Å². The summed E-state index contributed by atoms with van der Waals surface area (Å²) in [5.41, 5.74) is 1.96. The monoisotopic (exact) mass is 257 g/mol.